The molecule has 1 unspecified atom stereocenters. The Morgan fingerprint density at radius 3 is 2.80 bits per heavy atom. The van der Waals surface area contributed by atoms with Crippen LogP contribution in [0.1, 0.15) is 47.4 Å². The van der Waals surface area contributed by atoms with Gasteiger partial charge in [-0.05, 0) is 30.2 Å². The van der Waals surface area contributed by atoms with Crippen LogP contribution in [0.2, 0.25) is 0 Å². The molecule has 5 nitrogen and oxygen atoms in total. The van der Waals surface area contributed by atoms with Gasteiger partial charge in [-0.25, -0.2) is 0 Å². The highest BCUT2D eigenvalue weighted by molar-refractivity contribution is 5.98. The maximum absolute atomic E-state index is 12.8. The van der Waals surface area contributed by atoms with Crippen molar-refractivity contribution >= 4 is 11.8 Å². The van der Waals surface area contributed by atoms with E-state index in [0.717, 1.165) is 30.6 Å². The Labute approximate surface area is 147 Å². The second-order valence-corrected chi connectivity index (χ2v) is 6.77. The van der Waals surface area contributed by atoms with Crippen LogP contribution in [0.3, 0.4) is 0 Å². The van der Waals surface area contributed by atoms with Crippen LogP contribution in [0, 0.1) is 0 Å². The van der Waals surface area contributed by atoms with Crippen molar-refractivity contribution in [2.75, 3.05) is 13.1 Å². The van der Waals surface area contributed by atoms with Crippen molar-refractivity contribution in [3.63, 3.8) is 0 Å². The van der Waals surface area contributed by atoms with Gasteiger partial charge in [-0.15, -0.1) is 0 Å². The Hall–Kier alpha value is -2.56. The van der Waals surface area contributed by atoms with Gasteiger partial charge in [-0.1, -0.05) is 25.1 Å². The largest absolute Gasteiger partial charge is 0.348 e. The van der Waals surface area contributed by atoms with Gasteiger partial charge in [0.1, 0.15) is 0 Å². The van der Waals surface area contributed by atoms with Gasteiger partial charge < -0.3 is 14.4 Å². The molecule has 0 radical (unpaired) electrons. The van der Waals surface area contributed by atoms with Gasteiger partial charge in [0.2, 0.25) is 5.91 Å². The zero-order valence-electron chi connectivity index (χ0n) is 14.5. The molecule has 0 saturated heterocycles. The molecule has 130 valence electrons. The molecule has 2 aliphatic heterocycles. The average Bonchev–Trinajstić information content (AvgIpc) is 3.23. The van der Waals surface area contributed by atoms with E-state index in [1.165, 1.54) is 5.69 Å². The highest BCUT2D eigenvalue weighted by Crippen LogP contribution is 2.29. The smallest absolute Gasteiger partial charge is 0.254 e. The van der Waals surface area contributed by atoms with Crippen LogP contribution < -0.4 is 0 Å². The summed E-state index contributed by atoms with van der Waals surface area (Å²) in [6.45, 7) is 4.81. The van der Waals surface area contributed by atoms with Gasteiger partial charge in [0, 0.05) is 50.1 Å². The standard InChI is InChI=1S/C20H23N3O2/c1-2-17-18-8-5-10-21(18)12-13-23(17)19(24)9-11-22-14-15-6-3-4-7-16(15)20(22)25/h3-8,10,17H,2,9,11-14H2,1H3. The molecule has 1 atom stereocenters. The molecule has 1 aromatic heterocycles. The third-order valence-electron chi connectivity index (χ3n) is 5.36. The predicted molar refractivity (Wildman–Crippen MR) is 95.0 cm³/mol. The topological polar surface area (TPSA) is 45.6 Å². The molecule has 3 heterocycles. The van der Waals surface area contributed by atoms with Crippen LogP contribution in [0.15, 0.2) is 42.6 Å². The van der Waals surface area contributed by atoms with Gasteiger partial charge in [-0.3, -0.25) is 9.59 Å². The number of carbonyl (C=O) groups is 2. The number of rotatable bonds is 4. The summed E-state index contributed by atoms with van der Waals surface area (Å²) in [4.78, 5) is 29.0. The summed E-state index contributed by atoms with van der Waals surface area (Å²) >= 11 is 0. The highest BCUT2D eigenvalue weighted by atomic mass is 16.2. The Kier molecular flexibility index (Phi) is 4.07. The number of fused-ring (bicyclic) bond motifs is 2. The average molecular weight is 337 g/mol. The molecule has 0 spiro atoms. The molecule has 0 aliphatic carbocycles. The molecule has 1 aromatic carbocycles. The summed E-state index contributed by atoms with van der Waals surface area (Å²) in [5.41, 5.74) is 3.05. The van der Waals surface area contributed by atoms with E-state index in [0.29, 0.717) is 19.5 Å². The van der Waals surface area contributed by atoms with Gasteiger partial charge in [0.15, 0.2) is 0 Å². The third kappa shape index (κ3) is 2.73. The zero-order valence-corrected chi connectivity index (χ0v) is 14.5. The first-order valence-electron chi connectivity index (χ1n) is 9.00. The summed E-state index contributed by atoms with van der Waals surface area (Å²) in [6, 6.07) is 12.0. The maximum Gasteiger partial charge on any atom is 0.254 e. The minimum atomic E-state index is 0.0444. The lowest BCUT2D eigenvalue weighted by Crippen LogP contribution is -2.42. The predicted octanol–water partition coefficient (Wildman–Crippen LogP) is 2.83. The maximum atomic E-state index is 12.8. The van der Waals surface area contributed by atoms with Crippen LogP contribution >= 0.6 is 0 Å². The van der Waals surface area contributed by atoms with Crippen molar-refractivity contribution in [3.8, 4) is 0 Å². The second-order valence-electron chi connectivity index (χ2n) is 6.77. The van der Waals surface area contributed by atoms with Crippen LogP contribution in [0.4, 0.5) is 0 Å². The number of aromatic nitrogens is 1. The molecular weight excluding hydrogens is 314 g/mol. The summed E-state index contributed by atoms with van der Waals surface area (Å²) in [5, 5.41) is 0. The van der Waals surface area contributed by atoms with E-state index in [4.69, 9.17) is 0 Å². The number of carbonyl (C=O) groups excluding carboxylic acids is 2. The molecule has 2 amide bonds. The lowest BCUT2D eigenvalue weighted by molar-refractivity contribution is -0.135. The molecule has 25 heavy (non-hydrogen) atoms. The molecule has 0 saturated carbocycles. The van der Waals surface area contributed by atoms with Crippen molar-refractivity contribution in [3.05, 3.63) is 59.4 Å². The van der Waals surface area contributed by atoms with Gasteiger partial charge in [0.25, 0.3) is 5.91 Å². The fourth-order valence-corrected chi connectivity index (χ4v) is 4.06. The van der Waals surface area contributed by atoms with Crippen molar-refractivity contribution < 1.29 is 9.59 Å². The van der Waals surface area contributed by atoms with E-state index in [2.05, 4.69) is 23.8 Å². The van der Waals surface area contributed by atoms with Crippen LogP contribution in [-0.2, 0) is 17.9 Å². The van der Waals surface area contributed by atoms with Crippen LogP contribution in [-0.4, -0.2) is 39.3 Å². The normalized spacial score (nSPS) is 19.1. The number of benzene rings is 1. The van der Waals surface area contributed by atoms with Gasteiger partial charge in [0.05, 0.1) is 6.04 Å². The molecule has 5 heteroatoms. The fourth-order valence-electron chi connectivity index (χ4n) is 4.06. The fraction of sp³-hybridized carbons (Fsp3) is 0.400. The molecule has 0 fully saturated rings. The molecular formula is C20H23N3O2. The summed E-state index contributed by atoms with van der Waals surface area (Å²) in [5.74, 6) is 0.186. The molecule has 4 rings (SSSR count). The van der Waals surface area contributed by atoms with Crippen LogP contribution in [0.5, 0.6) is 0 Å². The first-order valence-corrected chi connectivity index (χ1v) is 9.00. The SMILES string of the molecule is CCC1c2cccn2CCN1C(=O)CCN1Cc2ccccc2C1=O. The highest BCUT2D eigenvalue weighted by Gasteiger charge is 2.31. The molecule has 0 N–H and O–H groups in total. The number of hydrogen-bond donors (Lipinski definition) is 0. The molecule has 2 aromatic rings. The monoisotopic (exact) mass is 337 g/mol. The Balaban J connectivity index is 1.41. The van der Waals surface area contributed by atoms with E-state index in [-0.39, 0.29) is 17.9 Å². The van der Waals surface area contributed by atoms with Crippen molar-refractivity contribution in [2.45, 2.75) is 38.9 Å². The summed E-state index contributed by atoms with van der Waals surface area (Å²) < 4.78 is 2.23. The number of amides is 2. The van der Waals surface area contributed by atoms with E-state index in [1.807, 2.05) is 35.2 Å². The molecule has 2 aliphatic rings. The van der Waals surface area contributed by atoms with Gasteiger partial charge in [-0.2, -0.15) is 0 Å². The third-order valence-corrected chi connectivity index (χ3v) is 5.36. The Morgan fingerprint density at radius 2 is 2.00 bits per heavy atom. The lowest BCUT2D eigenvalue weighted by Gasteiger charge is -2.37. The first kappa shape index (κ1) is 15.9. The number of nitrogens with zero attached hydrogens (tertiary/aromatic N) is 3. The van der Waals surface area contributed by atoms with E-state index in [9.17, 15) is 9.59 Å². The second kappa shape index (κ2) is 6.39. The Bertz CT molecular complexity index is 811. The lowest BCUT2D eigenvalue weighted by atomic mass is 10.1. The van der Waals surface area contributed by atoms with Crippen molar-refractivity contribution in [1.29, 1.82) is 0 Å². The first-order chi connectivity index (χ1) is 12.2. The van der Waals surface area contributed by atoms with Crippen molar-refractivity contribution in [1.82, 2.24) is 14.4 Å². The minimum Gasteiger partial charge on any atom is -0.348 e. The van der Waals surface area contributed by atoms with E-state index in [1.54, 1.807) is 4.90 Å². The van der Waals surface area contributed by atoms with E-state index < -0.39 is 0 Å². The summed E-state index contributed by atoms with van der Waals surface area (Å²) in [7, 11) is 0. The number of hydrogen-bond acceptors (Lipinski definition) is 2. The quantitative estimate of drug-likeness (QED) is 0.861. The van der Waals surface area contributed by atoms with Crippen LogP contribution in [0.25, 0.3) is 0 Å². The van der Waals surface area contributed by atoms with Gasteiger partial charge >= 0.3 is 0 Å². The summed E-state index contributed by atoms with van der Waals surface area (Å²) in [6.07, 6.45) is 3.38. The van der Waals surface area contributed by atoms with E-state index >= 15 is 0 Å². The van der Waals surface area contributed by atoms with Crippen molar-refractivity contribution in [2.24, 2.45) is 0 Å². The molecule has 0 bridgehead atoms. The minimum absolute atomic E-state index is 0.0444. The Morgan fingerprint density at radius 1 is 1.16 bits per heavy atom. The zero-order chi connectivity index (χ0) is 17.4.